The molecular formula is C19H21FN4OS2. The fourth-order valence-electron chi connectivity index (χ4n) is 3.33. The van der Waals surface area contributed by atoms with Crippen LogP contribution in [0.5, 0.6) is 0 Å². The minimum absolute atomic E-state index is 0.0295. The average Bonchev–Trinajstić information content (AvgIpc) is 3.32. The SMILES string of the molecule is CC1=CSC(N2CCN(Cc3ccc(F)cc3)C2=O)N1Cc1cnc(C)s1. The van der Waals surface area contributed by atoms with E-state index in [-0.39, 0.29) is 17.3 Å². The Morgan fingerprint density at radius 1 is 1.19 bits per heavy atom. The number of carbonyl (C=O) groups is 1. The van der Waals surface area contributed by atoms with E-state index in [1.165, 1.54) is 22.7 Å². The molecule has 27 heavy (non-hydrogen) atoms. The fourth-order valence-corrected chi connectivity index (χ4v) is 5.31. The predicted octanol–water partition coefficient (Wildman–Crippen LogP) is 4.22. The summed E-state index contributed by atoms with van der Waals surface area (Å²) in [6.07, 6.45) is 1.92. The highest BCUT2D eigenvalue weighted by Crippen LogP contribution is 2.36. The number of aromatic nitrogens is 1. The van der Waals surface area contributed by atoms with Crippen LogP contribution in [0, 0.1) is 12.7 Å². The molecule has 4 rings (SSSR count). The number of rotatable bonds is 5. The van der Waals surface area contributed by atoms with E-state index in [0.29, 0.717) is 19.6 Å². The van der Waals surface area contributed by atoms with Crippen molar-refractivity contribution in [1.29, 1.82) is 0 Å². The molecule has 0 N–H and O–H groups in total. The summed E-state index contributed by atoms with van der Waals surface area (Å²) in [4.78, 5) is 24.5. The van der Waals surface area contributed by atoms with Gasteiger partial charge in [0.15, 0.2) is 5.50 Å². The van der Waals surface area contributed by atoms with Crippen LogP contribution in [0.15, 0.2) is 41.6 Å². The van der Waals surface area contributed by atoms with Crippen molar-refractivity contribution < 1.29 is 9.18 Å². The number of hydrogen-bond acceptors (Lipinski definition) is 5. The number of carbonyl (C=O) groups excluding carboxylic acids is 1. The summed E-state index contributed by atoms with van der Waals surface area (Å²) in [5, 5.41) is 3.17. The maximum Gasteiger partial charge on any atom is 0.322 e. The first-order valence-corrected chi connectivity index (χ1v) is 10.6. The lowest BCUT2D eigenvalue weighted by Crippen LogP contribution is -2.45. The fraction of sp³-hybridized carbons (Fsp3) is 0.368. The first-order valence-electron chi connectivity index (χ1n) is 8.81. The highest BCUT2D eigenvalue weighted by Gasteiger charge is 2.39. The molecule has 1 fully saturated rings. The van der Waals surface area contributed by atoms with Gasteiger partial charge in [-0.15, -0.1) is 11.3 Å². The lowest BCUT2D eigenvalue weighted by molar-refractivity contribution is 0.149. The molecule has 8 heteroatoms. The van der Waals surface area contributed by atoms with Gasteiger partial charge in [-0.2, -0.15) is 0 Å². The first kappa shape index (κ1) is 18.3. The van der Waals surface area contributed by atoms with E-state index in [2.05, 4.69) is 22.2 Å². The van der Waals surface area contributed by atoms with Gasteiger partial charge >= 0.3 is 6.03 Å². The summed E-state index contributed by atoms with van der Waals surface area (Å²) in [6, 6.07) is 6.38. The van der Waals surface area contributed by atoms with E-state index >= 15 is 0 Å². The van der Waals surface area contributed by atoms with Gasteiger partial charge in [-0.1, -0.05) is 23.9 Å². The van der Waals surface area contributed by atoms with Crippen LogP contribution in [0.2, 0.25) is 0 Å². The van der Waals surface area contributed by atoms with Gasteiger partial charge in [0.25, 0.3) is 0 Å². The quantitative estimate of drug-likeness (QED) is 0.748. The van der Waals surface area contributed by atoms with Gasteiger partial charge in [-0.3, -0.25) is 4.90 Å². The number of benzene rings is 1. The Balaban J connectivity index is 1.44. The summed E-state index contributed by atoms with van der Waals surface area (Å²) in [6.45, 7) is 6.72. The largest absolute Gasteiger partial charge is 0.340 e. The number of thiazole rings is 1. The molecule has 0 bridgehead atoms. The Hall–Kier alpha value is -2.06. The molecule has 2 aromatic rings. The van der Waals surface area contributed by atoms with Crippen LogP contribution in [0.1, 0.15) is 22.4 Å². The van der Waals surface area contributed by atoms with Crippen LogP contribution in [0.3, 0.4) is 0 Å². The summed E-state index contributed by atoms with van der Waals surface area (Å²) in [7, 11) is 0. The lowest BCUT2D eigenvalue weighted by atomic mass is 10.2. The van der Waals surface area contributed by atoms with Gasteiger partial charge in [0.2, 0.25) is 0 Å². The number of nitrogens with zero attached hydrogens (tertiary/aromatic N) is 4. The van der Waals surface area contributed by atoms with Crippen molar-refractivity contribution in [1.82, 2.24) is 19.7 Å². The Kier molecular flexibility index (Phi) is 5.10. The number of allylic oxidation sites excluding steroid dienone is 1. The van der Waals surface area contributed by atoms with Crippen molar-refractivity contribution in [2.75, 3.05) is 13.1 Å². The second-order valence-corrected chi connectivity index (χ2v) is 8.97. The molecule has 5 nitrogen and oxygen atoms in total. The van der Waals surface area contributed by atoms with Crippen molar-refractivity contribution in [2.45, 2.75) is 32.4 Å². The van der Waals surface area contributed by atoms with Crippen molar-refractivity contribution in [3.05, 3.63) is 62.8 Å². The van der Waals surface area contributed by atoms with Crippen LogP contribution < -0.4 is 0 Å². The molecule has 142 valence electrons. The van der Waals surface area contributed by atoms with Gasteiger partial charge in [0, 0.05) is 36.4 Å². The Morgan fingerprint density at radius 2 is 1.96 bits per heavy atom. The monoisotopic (exact) mass is 404 g/mol. The van der Waals surface area contributed by atoms with Crippen molar-refractivity contribution in [3.8, 4) is 0 Å². The second-order valence-electron chi connectivity index (χ2n) is 6.72. The molecule has 2 aliphatic rings. The maximum absolute atomic E-state index is 13.1. The molecule has 1 atom stereocenters. The minimum Gasteiger partial charge on any atom is -0.340 e. The average molecular weight is 405 g/mol. The zero-order chi connectivity index (χ0) is 19.0. The smallest absolute Gasteiger partial charge is 0.322 e. The van der Waals surface area contributed by atoms with E-state index in [9.17, 15) is 9.18 Å². The zero-order valence-electron chi connectivity index (χ0n) is 15.3. The van der Waals surface area contributed by atoms with E-state index < -0.39 is 0 Å². The third-order valence-corrected chi connectivity index (χ3v) is 6.88. The van der Waals surface area contributed by atoms with Crippen LogP contribution in [-0.2, 0) is 13.1 Å². The van der Waals surface area contributed by atoms with E-state index in [1.54, 1.807) is 35.2 Å². The summed E-state index contributed by atoms with van der Waals surface area (Å²) in [5.74, 6) is -0.258. The van der Waals surface area contributed by atoms with Gasteiger partial charge < -0.3 is 9.80 Å². The molecule has 3 heterocycles. The number of hydrogen-bond donors (Lipinski definition) is 0. The van der Waals surface area contributed by atoms with Crippen LogP contribution in [-0.4, -0.2) is 44.3 Å². The standard InChI is InChI=1S/C19H21FN4OS2/c1-13-12-26-19(24(13)11-17-9-21-14(2)27-17)23-8-7-22(18(23)25)10-15-3-5-16(20)6-4-15/h3-6,9,12,19H,7-8,10-11H2,1-2H3. The highest BCUT2D eigenvalue weighted by molar-refractivity contribution is 8.02. The number of halogens is 1. The summed E-state index contributed by atoms with van der Waals surface area (Å²) < 4.78 is 13.1. The molecule has 1 aromatic carbocycles. The summed E-state index contributed by atoms with van der Waals surface area (Å²) in [5.41, 5.74) is 2.08. The molecule has 0 saturated carbocycles. The molecular weight excluding hydrogens is 383 g/mol. The minimum atomic E-state index is -0.258. The number of thioether (sulfide) groups is 1. The molecule has 0 aliphatic carbocycles. The molecule has 1 unspecified atom stereocenters. The molecule has 0 radical (unpaired) electrons. The molecule has 1 saturated heterocycles. The molecule has 2 amide bonds. The van der Waals surface area contributed by atoms with Crippen LogP contribution >= 0.6 is 23.1 Å². The van der Waals surface area contributed by atoms with Crippen LogP contribution in [0.25, 0.3) is 0 Å². The van der Waals surface area contributed by atoms with E-state index in [1.807, 2.05) is 22.9 Å². The maximum atomic E-state index is 13.1. The van der Waals surface area contributed by atoms with Crippen molar-refractivity contribution >= 4 is 29.1 Å². The van der Waals surface area contributed by atoms with Gasteiger partial charge in [0.1, 0.15) is 5.82 Å². The predicted molar refractivity (Wildman–Crippen MR) is 106 cm³/mol. The number of aryl methyl sites for hydroxylation is 1. The third-order valence-electron chi connectivity index (χ3n) is 4.76. The van der Waals surface area contributed by atoms with E-state index in [0.717, 1.165) is 17.1 Å². The summed E-state index contributed by atoms with van der Waals surface area (Å²) >= 11 is 3.36. The number of urea groups is 1. The lowest BCUT2D eigenvalue weighted by Gasteiger charge is -2.33. The Morgan fingerprint density at radius 3 is 2.67 bits per heavy atom. The van der Waals surface area contributed by atoms with Gasteiger partial charge in [-0.25, -0.2) is 14.2 Å². The highest BCUT2D eigenvalue weighted by atomic mass is 32.2. The van der Waals surface area contributed by atoms with Crippen molar-refractivity contribution in [2.24, 2.45) is 0 Å². The first-order chi connectivity index (χ1) is 13.0. The normalized spacial score (nSPS) is 20.0. The Labute approximate surface area is 166 Å². The Bertz CT molecular complexity index is 867. The van der Waals surface area contributed by atoms with Gasteiger partial charge in [0.05, 0.1) is 11.6 Å². The van der Waals surface area contributed by atoms with Gasteiger partial charge in [-0.05, 0) is 37.0 Å². The van der Waals surface area contributed by atoms with E-state index in [4.69, 9.17) is 0 Å². The van der Waals surface area contributed by atoms with Crippen molar-refractivity contribution in [3.63, 3.8) is 0 Å². The second kappa shape index (κ2) is 7.52. The molecule has 0 spiro atoms. The molecule has 2 aliphatic heterocycles. The topological polar surface area (TPSA) is 39.7 Å². The van der Waals surface area contributed by atoms with Crippen LogP contribution in [0.4, 0.5) is 9.18 Å². The third kappa shape index (κ3) is 3.82. The number of amides is 2. The molecule has 1 aromatic heterocycles. The zero-order valence-corrected chi connectivity index (χ0v) is 16.9.